The van der Waals surface area contributed by atoms with Crippen molar-refractivity contribution in [3.05, 3.63) is 0 Å². The Labute approximate surface area is 94.4 Å². The first-order valence-corrected chi connectivity index (χ1v) is 6.61. The van der Waals surface area contributed by atoms with Crippen molar-refractivity contribution in [1.29, 1.82) is 0 Å². The lowest BCUT2D eigenvalue weighted by Crippen LogP contribution is -2.61. The average molecular weight is 210 g/mol. The lowest BCUT2D eigenvalue weighted by molar-refractivity contribution is 0.0452. The summed E-state index contributed by atoms with van der Waals surface area (Å²) in [5.74, 6) is 0. The fraction of sp³-hybridized carbons (Fsp3) is 1.00. The Morgan fingerprint density at radius 1 is 1.33 bits per heavy atom. The van der Waals surface area contributed by atoms with Gasteiger partial charge < -0.3 is 5.32 Å². The quantitative estimate of drug-likeness (QED) is 0.765. The van der Waals surface area contributed by atoms with Crippen molar-refractivity contribution < 1.29 is 0 Å². The normalized spacial score (nSPS) is 30.8. The van der Waals surface area contributed by atoms with Gasteiger partial charge in [-0.05, 0) is 31.2 Å². The number of rotatable bonds is 4. The summed E-state index contributed by atoms with van der Waals surface area (Å²) in [6.07, 6.45) is 5.56. The first kappa shape index (κ1) is 11.4. The summed E-state index contributed by atoms with van der Waals surface area (Å²) < 4.78 is 0. The number of nitrogens with one attached hydrogen (secondary N) is 1. The fourth-order valence-corrected chi connectivity index (χ4v) is 3.28. The van der Waals surface area contributed by atoms with Crippen LogP contribution in [0.15, 0.2) is 0 Å². The molecule has 0 spiro atoms. The number of hydrogen-bond acceptors (Lipinski definition) is 2. The van der Waals surface area contributed by atoms with Crippen molar-refractivity contribution in [2.24, 2.45) is 5.41 Å². The van der Waals surface area contributed by atoms with Crippen LogP contribution in [0.4, 0.5) is 0 Å². The van der Waals surface area contributed by atoms with Gasteiger partial charge in [-0.2, -0.15) is 0 Å². The second-order valence-corrected chi connectivity index (χ2v) is 5.95. The van der Waals surface area contributed by atoms with Gasteiger partial charge in [0.15, 0.2) is 0 Å². The third kappa shape index (κ3) is 2.21. The molecular formula is C13H26N2. The van der Waals surface area contributed by atoms with E-state index < -0.39 is 0 Å². The largest absolute Gasteiger partial charge is 0.314 e. The maximum absolute atomic E-state index is 3.41. The molecule has 1 aliphatic heterocycles. The molecule has 0 radical (unpaired) electrons. The summed E-state index contributed by atoms with van der Waals surface area (Å²) in [7, 11) is 0. The van der Waals surface area contributed by atoms with Crippen molar-refractivity contribution >= 4 is 0 Å². The molecule has 0 aromatic carbocycles. The highest BCUT2D eigenvalue weighted by molar-refractivity contribution is 4.97. The molecule has 1 heterocycles. The standard InChI is InChI=1S/C13H26N2/c1-4-8-15(11-9-14-10-11)12-6-5-7-13(12,2)3/h11-12,14H,4-10H2,1-3H3. The summed E-state index contributed by atoms with van der Waals surface area (Å²) in [6.45, 7) is 10.9. The van der Waals surface area contributed by atoms with Crippen molar-refractivity contribution in [3.63, 3.8) is 0 Å². The molecule has 2 nitrogen and oxygen atoms in total. The highest BCUT2D eigenvalue weighted by atomic mass is 15.3. The molecule has 0 bridgehead atoms. The van der Waals surface area contributed by atoms with Crippen LogP contribution in [0.3, 0.4) is 0 Å². The Bertz CT molecular complexity index is 209. The van der Waals surface area contributed by atoms with Crippen LogP contribution in [0.5, 0.6) is 0 Å². The van der Waals surface area contributed by atoms with E-state index in [2.05, 4.69) is 31.0 Å². The van der Waals surface area contributed by atoms with Crippen molar-refractivity contribution in [3.8, 4) is 0 Å². The van der Waals surface area contributed by atoms with Gasteiger partial charge >= 0.3 is 0 Å². The topological polar surface area (TPSA) is 15.3 Å². The van der Waals surface area contributed by atoms with Gasteiger partial charge in [0.25, 0.3) is 0 Å². The molecule has 2 heteroatoms. The second-order valence-electron chi connectivity index (χ2n) is 5.95. The van der Waals surface area contributed by atoms with E-state index in [4.69, 9.17) is 0 Å². The summed E-state index contributed by atoms with van der Waals surface area (Å²) in [5, 5.41) is 3.41. The van der Waals surface area contributed by atoms with E-state index >= 15 is 0 Å². The van der Waals surface area contributed by atoms with E-state index in [0.717, 1.165) is 12.1 Å². The Hall–Kier alpha value is -0.0800. The van der Waals surface area contributed by atoms with Crippen LogP contribution in [0.25, 0.3) is 0 Å². The highest BCUT2D eigenvalue weighted by Crippen LogP contribution is 2.41. The Balaban J connectivity index is 2.02. The minimum Gasteiger partial charge on any atom is -0.314 e. The number of hydrogen-bond donors (Lipinski definition) is 1. The summed E-state index contributed by atoms with van der Waals surface area (Å²) in [6, 6.07) is 1.66. The van der Waals surface area contributed by atoms with E-state index in [0.29, 0.717) is 5.41 Å². The SMILES string of the molecule is CCCN(C1CNC1)C1CCCC1(C)C. The first-order chi connectivity index (χ1) is 7.15. The molecule has 2 fully saturated rings. The molecule has 0 aromatic rings. The van der Waals surface area contributed by atoms with Gasteiger partial charge in [0.1, 0.15) is 0 Å². The smallest absolute Gasteiger partial charge is 0.0348 e. The second kappa shape index (κ2) is 4.42. The van der Waals surface area contributed by atoms with Crippen LogP contribution >= 0.6 is 0 Å². The zero-order valence-electron chi connectivity index (χ0n) is 10.6. The zero-order chi connectivity index (χ0) is 10.9. The average Bonchev–Trinajstić information content (AvgIpc) is 2.41. The molecule has 1 unspecified atom stereocenters. The maximum atomic E-state index is 3.41. The lowest BCUT2D eigenvalue weighted by Gasteiger charge is -2.46. The Morgan fingerprint density at radius 2 is 2.07 bits per heavy atom. The molecule has 0 amide bonds. The maximum Gasteiger partial charge on any atom is 0.0348 e. The Morgan fingerprint density at radius 3 is 2.47 bits per heavy atom. The summed E-state index contributed by atoms with van der Waals surface area (Å²) in [5.41, 5.74) is 0.546. The fourth-order valence-electron chi connectivity index (χ4n) is 3.28. The van der Waals surface area contributed by atoms with Crippen LogP contribution in [0, 0.1) is 5.41 Å². The van der Waals surface area contributed by atoms with E-state index in [1.54, 1.807) is 0 Å². The molecule has 1 saturated carbocycles. The van der Waals surface area contributed by atoms with E-state index in [1.807, 2.05) is 0 Å². The minimum atomic E-state index is 0.546. The van der Waals surface area contributed by atoms with Crippen LogP contribution in [0.2, 0.25) is 0 Å². The van der Waals surface area contributed by atoms with E-state index in [1.165, 1.54) is 45.3 Å². The van der Waals surface area contributed by atoms with Crippen LogP contribution in [-0.4, -0.2) is 36.6 Å². The van der Waals surface area contributed by atoms with Gasteiger partial charge in [0.05, 0.1) is 0 Å². The van der Waals surface area contributed by atoms with E-state index in [9.17, 15) is 0 Å². The molecule has 2 rings (SSSR count). The molecule has 1 saturated heterocycles. The van der Waals surface area contributed by atoms with Crippen molar-refractivity contribution in [1.82, 2.24) is 10.2 Å². The molecule has 2 aliphatic rings. The van der Waals surface area contributed by atoms with Gasteiger partial charge in [-0.15, -0.1) is 0 Å². The van der Waals surface area contributed by atoms with Gasteiger partial charge in [0, 0.05) is 25.2 Å². The minimum absolute atomic E-state index is 0.546. The van der Waals surface area contributed by atoms with E-state index in [-0.39, 0.29) is 0 Å². The zero-order valence-corrected chi connectivity index (χ0v) is 10.6. The molecule has 88 valence electrons. The van der Waals surface area contributed by atoms with Crippen LogP contribution in [0.1, 0.15) is 46.5 Å². The van der Waals surface area contributed by atoms with Crippen molar-refractivity contribution in [2.45, 2.75) is 58.5 Å². The lowest BCUT2D eigenvalue weighted by atomic mass is 9.85. The monoisotopic (exact) mass is 210 g/mol. The molecule has 15 heavy (non-hydrogen) atoms. The predicted octanol–water partition coefficient (Wildman–Crippen LogP) is 2.25. The van der Waals surface area contributed by atoms with Crippen molar-refractivity contribution in [2.75, 3.05) is 19.6 Å². The Kier molecular flexibility index (Phi) is 3.36. The molecule has 1 N–H and O–H groups in total. The van der Waals surface area contributed by atoms with Crippen LogP contribution < -0.4 is 5.32 Å². The van der Waals surface area contributed by atoms with Crippen LogP contribution in [-0.2, 0) is 0 Å². The third-order valence-electron chi connectivity index (χ3n) is 4.31. The summed E-state index contributed by atoms with van der Waals surface area (Å²) in [4.78, 5) is 2.80. The summed E-state index contributed by atoms with van der Waals surface area (Å²) >= 11 is 0. The number of nitrogens with zero attached hydrogens (tertiary/aromatic N) is 1. The highest BCUT2D eigenvalue weighted by Gasteiger charge is 2.41. The first-order valence-electron chi connectivity index (χ1n) is 6.61. The third-order valence-corrected chi connectivity index (χ3v) is 4.31. The predicted molar refractivity (Wildman–Crippen MR) is 65.1 cm³/mol. The molecule has 1 aliphatic carbocycles. The van der Waals surface area contributed by atoms with Gasteiger partial charge in [-0.1, -0.05) is 27.2 Å². The van der Waals surface area contributed by atoms with Gasteiger partial charge in [-0.25, -0.2) is 0 Å². The molecule has 1 atom stereocenters. The molecular weight excluding hydrogens is 184 g/mol. The van der Waals surface area contributed by atoms with Gasteiger partial charge in [-0.3, -0.25) is 4.90 Å². The molecule has 0 aromatic heterocycles. The van der Waals surface area contributed by atoms with Gasteiger partial charge in [0.2, 0.25) is 0 Å².